The largest absolute Gasteiger partial charge is 0.498 e. The van der Waals surface area contributed by atoms with E-state index in [1.54, 1.807) is 0 Å². The van der Waals surface area contributed by atoms with Crippen LogP contribution < -0.4 is 5.46 Å². The molecule has 0 unspecified atom stereocenters. The predicted molar refractivity (Wildman–Crippen MR) is 142 cm³/mol. The number of furan rings is 2. The number of hydrogen-bond donors (Lipinski definition) is 0. The fourth-order valence-electron chi connectivity index (χ4n) is 5.12. The Morgan fingerprint density at radius 2 is 1.23 bits per heavy atom. The molecule has 3 heterocycles. The third kappa shape index (κ3) is 2.95. The van der Waals surface area contributed by atoms with E-state index in [4.69, 9.17) is 18.1 Å². The average molecular weight is 460 g/mol. The lowest BCUT2D eigenvalue weighted by atomic mass is 9.78. The quantitative estimate of drug-likeness (QED) is 0.252. The van der Waals surface area contributed by atoms with E-state index in [0.717, 1.165) is 60.5 Å². The summed E-state index contributed by atoms with van der Waals surface area (Å²) in [6.07, 6.45) is 0. The number of rotatable bonds is 2. The molecule has 1 aliphatic heterocycles. The van der Waals surface area contributed by atoms with Crippen LogP contribution in [0, 0.1) is 0 Å². The first kappa shape index (κ1) is 20.8. The molecule has 4 nitrogen and oxygen atoms in total. The molecule has 35 heavy (non-hydrogen) atoms. The Bertz CT molecular complexity index is 1760. The van der Waals surface area contributed by atoms with Crippen molar-refractivity contribution >= 4 is 56.5 Å². The molecule has 0 amide bonds. The normalized spacial score (nSPS) is 17.3. The second-order valence-electron chi connectivity index (χ2n) is 10.4. The van der Waals surface area contributed by atoms with Crippen molar-refractivity contribution in [3.8, 4) is 11.1 Å². The molecule has 0 aliphatic carbocycles. The van der Waals surface area contributed by atoms with Crippen molar-refractivity contribution < 1.29 is 18.1 Å². The third-order valence-corrected chi connectivity index (χ3v) is 7.75. The zero-order valence-corrected chi connectivity index (χ0v) is 20.2. The fourth-order valence-corrected chi connectivity index (χ4v) is 5.12. The average Bonchev–Trinajstić information content (AvgIpc) is 3.47. The molecule has 1 saturated heterocycles. The zero-order valence-electron chi connectivity index (χ0n) is 20.2. The molecule has 0 N–H and O–H groups in total. The van der Waals surface area contributed by atoms with Crippen LogP contribution in [0.2, 0.25) is 0 Å². The second-order valence-corrected chi connectivity index (χ2v) is 10.4. The number of benzene rings is 4. The van der Waals surface area contributed by atoms with E-state index in [1.807, 2.05) is 36.4 Å². The summed E-state index contributed by atoms with van der Waals surface area (Å²) in [6, 6.07) is 27.0. The Morgan fingerprint density at radius 1 is 0.571 bits per heavy atom. The van der Waals surface area contributed by atoms with Crippen LogP contribution in [0.1, 0.15) is 27.7 Å². The summed E-state index contributed by atoms with van der Waals surface area (Å²) in [6.45, 7) is 8.28. The van der Waals surface area contributed by atoms with Gasteiger partial charge in [-0.1, -0.05) is 60.7 Å². The van der Waals surface area contributed by atoms with Crippen LogP contribution in [-0.2, 0) is 9.31 Å². The minimum atomic E-state index is -0.485. The highest BCUT2D eigenvalue weighted by Crippen LogP contribution is 2.40. The molecule has 0 atom stereocenters. The van der Waals surface area contributed by atoms with Crippen molar-refractivity contribution in [3.05, 3.63) is 78.9 Å². The Morgan fingerprint density at radius 3 is 2.03 bits per heavy atom. The predicted octanol–water partition coefficient (Wildman–Crippen LogP) is 7.45. The van der Waals surface area contributed by atoms with Crippen LogP contribution in [0.15, 0.2) is 87.7 Å². The topological polar surface area (TPSA) is 44.7 Å². The van der Waals surface area contributed by atoms with Gasteiger partial charge in [-0.2, -0.15) is 0 Å². The summed E-state index contributed by atoms with van der Waals surface area (Å²) in [5, 5.41) is 4.35. The molecule has 1 aliphatic rings. The Labute approximate surface area is 203 Å². The first-order valence-corrected chi connectivity index (χ1v) is 12.0. The molecule has 0 radical (unpaired) electrons. The van der Waals surface area contributed by atoms with Crippen molar-refractivity contribution in [2.75, 3.05) is 0 Å². The monoisotopic (exact) mass is 460 g/mol. The number of hydrogen-bond acceptors (Lipinski definition) is 4. The van der Waals surface area contributed by atoms with Crippen LogP contribution in [0.4, 0.5) is 0 Å². The molecule has 0 bridgehead atoms. The van der Waals surface area contributed by atoms with Crippen LogP contribution in [-0.4, -0.2) is 18.3 Å². The lowest BCUT2D eigenvalue weighted by Gasteiger charge is -2.32. The van der Waals surface area contributed by atoms with Gasteiger partial charge >= 0.3 is 7.12 Å². The fraction of sp³-hybridized carbons (Fsp3) is 0.200. The molecule has 2 aromatic heterocycles. The van der Waals surface area contributed by atoms with Crippen molar-refractivity contribution in [3.63, 3.8) is 0 Å². The van der Waals surface area contributed by atoms with Crippen LogP contribution in [0.25, 0.3) is 55.0 Å². The first-order valence-electron chi connectivity index (χ1n) is 12.0. The lowest BCUT2D eigenvalue weighted by molar-refractivity contribution is 0.00578. The van der Waals surface area contributed by atoms with Gasteiger partial charge in [0.25, 0.3) is 0 Å². The minimum Gasteiger partial charge on any atom is -0.456 e. The van der Waals surface area contributed by atoms with E-state index in [-0.39, 0.29) is 0 Å². The highest BCUT2D eigenvalue weighted by Gasteiger charge is 2.52. The van der Waals surface area contributed by atoms with Gasteiger partial charge in [0.2, 0.25) is 0 Å². The molecule has 4 aromatic carbocycles. The van der Waals surface area contributed by atoms with Crippen LogP contribution in [0.3, 0.4) is 0 Å². The van der Waals surface area contributed by atoms with Crippen LogP contribution in [0.5, 0.6) is 0 Å². The minimum absolute atomic E-state index is 0.417. The Hall–Kier alpha value is -3.54. The zero-order chi connectivity index (χ0) is 23.9. The summed E-state index contributed by atoms with van der Waals surface area (Å²) in [5.41, 5.74) is 5.67. The lowest BCUT2D eigenvalue weighted by Crippen LogP contribution is -2.41. The summed E-state index contributed by atoms with van der Waals surface area (Å²) >= 11 is 0. The van der Waals surface area contributed by atoms with Crippen molar-refractivity contribution in [1.82, 2.24) is 0 Å². The molecule has 7 rings (SSSR count). The van der Waals surface area contributed by atoms with Gasteiger partial charge in [-0.05, 0) is 51.5 Å². The highest BCUT2D eigenvalue weighted by atomic mass is 16.7. The molecule has 0 saturated carbocycles. The van der Waals surface area contributed by atoms with Crippen LogP contribution >= 0.6 is 0 Å². The van der Waals surface area contributed by atoms with Gasteiger partial charge in [-0.15, -0.1) is 0 Å². The molecule has 5 heteroatoms. The van der Waals surface area contributed by atoms with E-state index in [0.29, 0.717) is 0 Å². The Kier molecular flexibility index (Phi) is 4.16. The van der Waals surface area contributed by atoms with E-state index in [9.17, 15) is 0 Å². The molecule has 6 aromatic rings. The summed E-state index contributed by atoms with van der Waals surface area (Å²) in [5.74, 6) is 0. The molecular weight excluding hydrogens is 435 g/mol. The maximum Gasteiger partial charge on any atom is 0.498 e. The van der Waals surface area contributed by atoms with Gasteiger partial charge in [-0.3, -0.25) is 0 Å². The molecule has 0 spiro atoms. The first-order chi connectivity index (χ1) is 16.8. The standard InChI is InChI=1S/C30H25BO4/c1-29(2)30(3,4)35-31(34-29)24-13-8-12-22-21-11-7-10-19(27(21)33-28(22)24)18-15-16-26-23(17-18)20-9-5-6-14-25(20)32-26/h5-17H,1-4H3. The van der Waals surface area contributed by atoms with Gasteiger partial charge < -0.3 is 18.1 Å². The van der Waals surface area contributed by atoms with Gasteiger partial charge in [-0.25, -0.2) is 0 Å². The number of fused-ring (bicyclic) bond motifs is 6. The molecule has 1 fully saturated rings. The Balaban J connectivity index is 1.43. The van der Waals surface area contributed by atoms with E-state index in [1.165, 1.54) is 0 Å². The van der Waals surface area contributed by atoms with Crippen molar-refractivity contribution in [2.24, 2.45) is 0 Å². The van der Waals surface area contributed by atoms with Gasteiger partial charge in [0.15, 0.2) is 0 Å². The second kappa shape index (κ2) is 7.00. The van der Waals surface area contributed by atoms with Gasteiger partial charge in [0.1, 0.15) is 22.3 Å². The SMILES string of the molecule is CC1(C)OB(c2cccc3c2oc2c(-c4ccc5oc6ccccc6c5c4)cccc23)OC1(C)C. The van der Waals surface area contributed by atoms with Crippen molar-refractivity contribution in [1.29, 1.82) is 0 Å². The summed E-state index contributed by atoms with van der Waals surface area (Å²) in [4.78, 5) is 0. The highest BCUT2D eigenvalue weighted by molar-refractivity contribution is 6.65. The van der Waals surface area contributed by atoms with Gasteiger partial charge in [0.05, 0.1) is 11.2 Å². The maximum absolute atomic E-state index is 6.62. The van der Waals surface area contributed by atoms with E-state index >= 15 is 0 Å². The molecule has 172 valence electrons. The third-order valence-electron chi connectivity index (χ3n) is 7.75. The van der Waals surface area contributed by atoms with Crippen molar-refractivity contribution in [2.45, 2.75) is 38.9 Å². The smallest absolute Gasteiger partial charge is 0.456 e. The maximum atomic E-state index is 6.62. The van der Waals surface area contributed by atoms with E-state index < -0.39 is 18.3 Å². The summed E-state index contributed by atoms with van der Waals surface area (Å²) < 4.78 is 25.4. The number of para-hydroxylation sites is 3. The van der Waals surface area contributed by atoms with Gasteiger partial charge in [0, 0.05) is 32.6 Å². The molecular formula is C30H25BO4. The summed E-state index contributed by atoms with van der Waals surface area (Å²) in [7, 11) is -0.485. The van der Waals surface area contributed by atoms with E-state index in [2.05, 4.69) is 70.2 Å².